The first-order chi connectivity index (χ1) is 14.6. The van der Waals surface area contributed by atoms with Crippen LogP contribution < -0.4 is 19.7 Å². The highest BCUT2D eigenvalue weighted by molar-refractivity contribution is 6.02. The number of benzene rings is 2. The molecule has 0 aliphatic carbocycles. The molecule has 1 aliphatic heterocycles. The average Bonchev–Trinajstić information content (AvgIpc) is 2.77. The summed E-state index contributed by atoms with van der Waals surface area (Å²) in [6.45, 7) is 6.43. The van der Waals surface area contributed by atoms with E-state index in [2.05, 4.69) is 11.9 Å². The highest BCUT2D eigenvalue weighted by Crippen LogP contribution is 2.28. The minimum absolute atomic E-state index is 0.362. The summed E-state index contributed by atoms with van der Waals surface area (Å²) in [6.07, 6.45) is 4.67. The lowest BCUT2D eigenvalue weighted by Gasteiger charge is -2.29. The maximum absolute atomic E-state index is 14.5. The zero-order chi connectivity index (χ0) is 21.3. The van der Waals surface area contributed by atoms with Crippen molar-refractivity contribution in [1.82, 2.24) is 0 Å². The molecule has 0 aromatic heterocycles. The van der Waals surface area contributed by atoms with Crippen LogP contribution in [-0.2, 0) is 9.53 Å². The summed E-state index contributed by atoms with van der Waals surface area (Å²) < 4.78 is 30.6. The van der Waals surface area contributed by atoms with E-state index in [1.807, 2.05) is 11.0 Å². The van der Waals surface area contributed by atoms with Crippen LogP contribution in [0.25, 0.3) is 6.08 Å². The number of carbonyl (C=O) groups is 1. The van der Waals surface area contributed by atoms with E-state index in [4.69, 9.17) is 14.2 Å². The van der Waals surface area contributed by atoms with Crippen molar-refractivity contribution in [3.8, 4) is 11.5 Å². The van der Waals surface area contributed by atoms with E-state index in [-0.39, 0.29) is 11.7 Å². The van der Waals surface area contributed by atoms with Crippen molar-refractivity contribution in [2.45, 2.75) is 0 Å². The Labute approximate surface area is 175 Å². The molecule has 0 saturated carbocycles. The number of anilines is 2. The maximum Gasteiger partial charge on any atom is 0.248 e. The van der Waals surface area contributed by atoms with Crippen molar-refractivity contribution < 1.29 is 23.4 Å². The van der Waals surface area contributed by atoms with E-state index in [1.165, 1.54) is 12.1 Å². The van der Waals surface area contributed by atoms with Gasteiger partial charge < -0.3 is 24.4 Å². The van der Waals surface area contributed by atoms with E-state index in [1.54, 1.807) is 43.5 Å². The number of amides is 1. The minimum atomic E-state index is -0.376. The second kappa shape index (κ2) is 10.5. The molecule has 1 N–H and O–H groups in total. The van der Waals surface area contributed by atoms with Crippen LogP contribution in [0.3, 0.4) is 0 Å². The monoisotopic (exact) mass is 412 g/mol. The lowest BCUT2D eigenvalue weighted by atomic mass is 10.2. The van der Waals surface area contributed by atoms with Gasteiger partial charge in [-0.2, -0.15) is 0 Å². The number of hydrogen-bond donors (Lipinski definition) is 1. The van der Waals surface area contributed by atoms with Gasteiger partial charge in [0.1, 0.15) is 12.4 Å². The minimum Gasteiger partial charge on any atom is -0.493 e. The van der Waals surface area contributed by atoms with Gasteiger partial charge in [0.25, 0.3) is 0 Å². The number of ether oxygens (including phenoxy) is 3. The molecule has 0 unspecified atom stereocenters. The Morgan fingerprint density at radius 1 is 1.23 bits per heavy atom. The maximum atomic E-state index is 14.5. The molecule has 0 spiro atoms. The molecule has 0 radical (unpaired) electrons. The van der Waals surface area contributed by atoms with Gasteiger partial charge in [0.15, 0.2) is 11.5 Å². The van der Waals surface area contributed by atoms with Gasteiger partial charge in [0.2, 0.25) is 5.91 Å². The summed E-state index contributed by atoms with van der Waals surface area (Å²) in [7, 11) is 1.55. The number of carbonyl (C=O) groups excluding carboxylic acids is 1. The van der Waals surface area contributed by atoms with E-state index in [0.717, 1.165) is 5.56 Å². The summed E-state index contributed by atoms with van der Waals surface area (Å²) >= 11 is 0. The predicted octanol–water partition coefficient (Wildman–Crippen LogP) is 3.89. The number of halogens is 1. The molecule has 0 bridgehead atoms. The van der Waals surface area contributed by atoms with Gasteiger partial charge in [0, 0.05) is 24.9 Å². The lowest BCUT2D eigenvalue weighted by Crippen LogP contribution is -2.36. The summed E-state index contributed by atoms with van der Waals surface area (Å²) in [5.41, 5.74) is 1.67. The largest absolute Gasteiger partial charge is 0.493 e. The van der Waals surface area contributed by atoms with Crippen LogP contribution in [0.15, 0.2) is 55.1 Å². The Morgan fingerprint density at radius 2 is 2.03 bits per heavy atom. The predicted molar refractivity (Wildman–Crippen MR) is 116 cm³/mol. The summed E-state index contributed by atoms with van der Waals surface area (Å²) in [6, 6.07) is 10.0. The first-order valence-electron chi connectivity index (χ1n) is 9.63. The van der Waals surface area contributed by atoms with Crippen LogP contribution >= 0.6 is 0 Å². The Hall–Kier alpha value is -3.32. The van der Waals surface area contributed by atoms with Crippen molar-refractivity contribution in [3.05, 3.63) is 66.5 Å². The van der Waals surface area contributed by atoms with Gasteiger partial charge in [0.05, 0.1) is 26.0 Å². The molecule has 7 heteroatoms. The van der Waals surface area contributed by atoms with Crippen LogP contribution in [0.5, 0.6) is 11.5 Å². The molecular weight excluding hydrogens is 387 g/mol. The number of nitrogens with zero attached hydrogens (tertiary/aromatic N) is 1. The first-order valence-corrected chi connectivity index (χ1v) is 9.63. The quantitative estimate of drug-likeness (QED) is 0.527. The lowest BCUT2D eigenvalue weighted by molar-refractivity contribution is -0.111. The third-order valence-corrected chi connectivity index (χ3v) is 4.54. The second-order valence-corrected chi connectivity index (χ2v) is 6.60. The van der Waals surface area contributed by atoms with Crippen molar-refractivity contribution in [2.75, 3.05) is 50.2 Å². The molecule has 1 aliphatic rings. The number of rotatable bonds is 8. The van der Waals surface area contributed by atoms with Crippen molar-refractivity contribution >= 4 is 23.4 Å². The van der Waals surface area contributed by atoms with Crippen molar-refractivity contribution in [2.24, 2.45) is 0 Å². The molecule has 30 heavy (non-hydrogen) atoms. The molecular formula is C23H25FN2O4. The first kappa shape index (κ1) is 21.4. The zero-order valence-corrected chi connectivity index (χ0v) is 16.9. The highest BCUT2D eigenvalue weighted by Gasteiger charge is 2.15. The van der Waals surface area contributed by atoms with Gasteiger partial charge in [-0.15, -0.1) is 0 Å². The molecule has 3 rings (SSSR count). The van der Waals surface area contributed by atoms with Gasteiger partial charge in [-0.25, -0.2) is 4.39 Å². The standard InChI is InChI=1S/C23H25FN2O4/c1-3-12-30-21-8-4-17(15-22(21)28-2)5-9-23(27)25-18-6-7-20(19(24)16-18)26-10-13-29-14-11-26/h3-9,15-16H,1,10-14H2,2H3,(H,25,27)/b9-5+. The van der Waals surface area contributed by atoms with Crippen molar-refractivity contribution in [3.63, 3.8) is 0 Å². The van der Waals surface area contributed by atoms with Crippen LogP contribution in [0.2, 0.25) is 0 Å². The average molecular weight is 412 g/mol. The normalized spacial score (nSPS) is 13.9. The second-order valence-electron chi connectivity index (χ2n) is 6.60. The number of morpholine rings is 1. The van der Waals surface area contributed by atoms with Crippen LogP contribution in [0.1, 0.15) is 5.56 Å². The number of methoxy groups -OCH3 is 1. The SMILES string of the molecule is C=CCOc1ccc(/C=C/C(=O)Nc2ccc(N3CCOCC3)c(F)c2)cc1OC. The van der Waals surface area contributed by atoms with Gasteiger partial charge >= 0.3 is 0 Å². The summed E-state index contributed by atoms with van der Waals surface area (Å²) in [5.74, 6) is 0.410. The molecule has 158 valence electrons. The highest BCUT2D eigenvalue weighted by atomic mass is 19.1. The van der Waals surface area contributed by atoms with Crippen LogP contribution in [0, 0.1) is 5.82 Å². The molecule has 0 atom stereocenters. The summed E-state index contributed by atoms with van der Waals surface area (Å²) in [5, 5.41) is 2.68. The van der Waals surface area contributed by atoms with E-state index in [0.29, 0.717) is 55.8 Å². The zero-order valence-electron chi connectivity index (χ0n) is 16.9. The topological polar surface area (TPSA) is 60.0 Å². The fourth-order valence-electron chi connectivity index (χ4n) is 3.06. The third kappa shape index (κ3) is 5.61. The van der Waals surface area contributed by atoms with E-state index >= 15 is 0 Å². The third-order valence-electron chi connectivity index (χ3n) is 4.54. The number of nitrogens with one attached hydrogen (secondary N) is 1. The van der Waals surface area contributed by atoms with Gasteiger partial charge in [-0.3, -0.25) is 4.79 Å². The van der Waals surface area contributed by atoms with Gasteiger partial charge in [-0.05, 0) is 42.0 Å². The summed E-state index contributed by atoms with van der Waals surface area (Å²) in [4.78, 5) is 14.2. The Balaban J connectivity index is 1.63. The molecule has 1 saturated heterocycles. The Kier molecular flexibility index (Phi) is 7.45. The van der Waals surface area contributed by atoms with Crippen molar-refractivity contribution in [1.29, 1.82) is 0 Å². The van der Waals surface area contributed by atoms with E-state index in [9.17, 15) is 9.18 Å². The molecule has 1 amide bonds. The molecule has 6 nitrogen and oxygen atoms in total. The smallest absolute Gasteiger partial charge is 0.248 e. The Morgan fingerprint density at radius 3 is 2.73 bits per heavy atom. The molecule has 1 fully saturated rings. The molecule has 1 heterocycles. The molecule has 2 aromatic carbocycles. The Bertz CT molecular complexity index is 923. The molecule has 2 aromatic rings. The van der Waals surface area contributed by atoms with Crippen LogP contribution in [-0.4, -0.2) is 45.9 Å². The number of hydrogen-bond acceptors (Lipinski definition) is 5. The fraction of sp³-hybridized carbons (Fsp3) is 0.261. The van der Waals surface area contributed by atoms with Gasteiger partial charge in [-0.1, -0.05) is 18.7 Å². The fourth-order valence-corrected chi connectivity index (χ4v) is 3.06. The van der Waals surface area contributed by atoms with Crippen LogP contribution in [0.4, 0.5) is 15.8 Å². The van der Waals surface area contributed by atoms with E-state index < -0.39 is 0 Å².